The molecule has 0 aliphatic rings. The van der Waals surface area contributed by atoms with Crippen LogP contribution in [0.2, 0.25) is 0 Å². The van der Waals surface area contributed by atoms with Crippen LogP contribution < -0.4 is 10.1 Å². The van der Waals surface area contributed by atoms with Gasteiger partial charge in [-0.1, -0.05) is 15.9 Å². The van der Waals surface area contributed by atoms with Crippen LogP contribution in [-0.2, 0) is 13.2 Å². The molecule has 21 heavy (non-hydrogen) atoms. The van der Waals surface area contributed by atoms with Crippen LogP contribution in [0.5, 0.6) is 5.75 Å². The summed E-state index contributed by atoms with van der Waals surface area (Å²) >= 11 is 5.18. The van der Waals surface area contributed by atoms with Gasteiger partial charge in [0.05, 0.1) is 0 Å². The van der Waals surface area contributed by atoms with Gasteiger partial charge in [0.25, 0.3) is 0 Å². The molecule has 0 atom stereocenters. The molecule has 0 aliphatic carbocycles. The van der Waals surface area contributed by atoms with Gasteiger partial charge in [0.15, 0.2) is 0 Å². The molecule has 2 aromatic rings. The molecule has 1 aromatic carbocycles. The molecule has 0 fully saturated rings. The SMILES string of the molecule is Cc1cc(Br)cc(CNC(C)(C)C)c1OCc1nccs1. The van der Waals surface area contributed by atoms with Crippen LogP contribution in [0.15, 0.2) is 28.2 Å². The second-order valence-electron chi connectivity index (χ2n) is 6.03. The summed E-state index contributed by atoms with van der Waals surface area (Å²) in [7, 11) is 0. The number of thiazole rings is 1. The summed E-state index contributed by atoms with van der Waals surface area (Å²) in [5.41, 5.74) is 2.36. The van der Waals surface area contributed by atoms with Gasteiger partial charge in [-0.2, -0.15) is 0 Å². The number of hydrogen-bond donors (Lipinski definition) is 1. The Balaban J connectivity index is 2.17. The molecule has 114 valence electrons. The summed E-state index contributed by atoms with van der Waals surface area (Å²) in [4.78, 5) is 4.26. The van der Waals surface area contributed by atoms with E-state index in [4.69, 9.17) is 4.74 Å². The summed E-state index contributed by atoms with van der Waals surface area (Å²) in [6.07, 6.45) is 1.81. The van der Waals surface area contributed by atoms with Gasteiger partial charge in [-0.25, -0.2) is 4.98 Å². The zero-order valence-corrected chi connectivity index (χ0v) is 15.3. The Morgan fingerprint density at radius 1 is 1.33 bits per heavy atom. The van der Waals surface area contributed by atoms with Crippen LogP contribution in [0.4, 0.5) is 0 Å². The molecule has 1 aromatic heterocycles. The Kier molecular flexibility index (Phi) is 5.41. The lowest BCUT2D eigenvalue weighted by molar-refractivity contribution is 0.297. The quantitative estimate of drug-likeness (QED) is 0.831. The van der Waals surface area contributed by atoms with E-state index in [0.717, 1.165) is 32.9 Å². The average Bonchev–Trinajstić information content (AvgIpc) is 2.87. The van der Waals surface area contributed by atoms with Crippen molar-refractivity contribution in [3.8, 4) is 5.75 Å². The van der Waals surface area contributed by atoms with Gasteiger partial charge in [0.1, 0.15) is 17.4 Å². The molecule has 0 radical (unpaired) electrons. The Morgan fingerprint density at radius 3 is 2.71 bits per heavy atom. The summed E-state index contributed by atoms with van der Waals surface area (Å²) in [6.45, 7) is 9.85. The number of hydrogen-bond acceptors (Lipinski definition) is 4. The molecule has 0 bridgehead atoms. The molecule has 5 heteroatoms. The number of rotatable bonds is 5. The minimum atomic E-state index is 0.0722. The topological polar surface area (TPSA) is 34.1 Å². The van der Waals surface area contributed by atoms with Crippen molar-refractivity contribution in [3.63, 3.8) is 0 Å². The first-order valence-electron chi connectivity index (χ1n) is 6.90. The zero-order valence-electron chi connectivity index (χ0n) is 12.9. The molecule has 3 nitrogen and oxygen atoms in total. The fraction of sp³-hybridized carbons (Fsp3) is 0.438. The van der Waals surface area contributed by atoms with Gasteiger partial charge in [-0.3, -0.25) is 0 Å². The van der Waals surface area contributed by atoms with Crippen molar-refractivity contribution in [1.82, 2.24) is 10.3 Å². The average molecular weight is 369 g/mol. The highest BCUT2D eigenvalue weighted by molar-refractivity contribution is 9.10. The Labute approximate surface area is 138 Å². The third kappa shape index (κ3) is 5.09. The van der Waals surface area contributed by atoms with Crippen LogP contribution >= 0.6 is 27.3 Å². The predicted octanol–water partition coefficient (Wildman–Crippen LogP) is 4.68. The van der Waals surface area contributed by atoms with E-state index in [0.29, 0.717) is 6.61 Å². The van der Waals surface area contributed by atoms with Crippen molar-refractivity contribution >= 4 is 27.3 Å². The monoisotopic (exact) mass is 368 g/mol. The van der Waals surface area contributed by atoms with Gasteiger partial charge >= 0.3 is 0 Å². The molecular formula is C16H21BrN2OS. The molecule has 0 saturated carbocycles. The Morgan fingerprint density at radius 2 is 2.10 bits per heavy atom. The zero-order chi connectivity index (χ0) is 15.5. The number of ether oxygens (including phenoxy) is 1. The van der Waals surface area contributed by atoms with Crippen molar-refractivity contribution < 1.29 is 4.74 Å². The standard InChI is InChI=1S/C16H21BrN2OS/c1-11-7-13(17)8-12(9-19-16(2,3)4)15(11)20-10-14-18-5-6-21-14/h5-8,19H,9-10H2,1-4H3. The maximum absolute atomic E-state index is 6.02. The third-order valence-corrected chi connectivity index (χ3v) is 4.16. The van der Waals surface area contributed by atoms with E-state index in [2.05, 4.69) is 66.1 Å². The minimum Gasteiger partial charge on any atom is -0.486 e. The van der Waals surface area contributed by atoms with Crippen LogP contribution in [-0.4, -0.2) is 10.5 Å². The number of halogens is 1. The number of nitrogens with zero attached hydrogens (tertiary/aromatic N) is 1. The molecule has 0 aliphatic heterocycles. The highest BCUT2D eigenvalue weighted by atomic mass is 79.9. The first-order valence-corrected chi connectivity index (χ1v) is 8.57. The van der Waals surface area contributed by atoms with Crippen molar-refractivity contribution in [3.05, 3.63) is 44.3 Å². The molecule has 0 spiro atoms. The van der Waals surface area contributed by atoms with E-state index in [1.807, 2.05) is 5.38 Å². The fourth-order valence-corrected chi connectivity index (χ4v) is 3.10. The Hall–Kier alpha value is -0.910. The van der Waals surface area contributed by atoms with E-state index >= 15 is 0 Å². The summed E-state index contributed by atoms with van der Waals surface area (Å²) in [5, 5.41) is 6.47. The summed E-state index contributed by atoms with van der Waals surface area (Å²) in [5.74, 6) is 0.949. The van der Waals surface area contributed by atoms with E-state index < -0.39 is 0 Å². The smallest absolute Gasteiger partial charge is 0.140 e. The molecule has 1 N–H and O–H groups in total. The molecule has 0 amide bonds. The first-order chi connectivity index (χ1) is 9.85. The minimum absolute atomic E-state index is 0.0722. The van der Waals surface area contributed by atoms with Gasteiger partial charge < -0.3 is 10.1 Å². The molecule has 0 unspecified atom stereocenters. The van der Waals surface area contributed by atoms with Gasteiger partial charge in [-0.15, -0.1) is 11.3 Å². The summed E-state index contributed by atoms with van der Waals surface area (Å²) in [6, 6.07) is 4.20. The second-order valence-corrected chi connectivity index (χ2v) is 7.92. The van der Waals surface area contributed by atoms with Gasteiger partial charge in [-0.05, 0) is 45.4 Å². The number of aryl methyl sites for hydroxylation is 1. The fourth-order valence-electron chi connectivity index (χ4n) is 1.96. The highest BCUT2D eigenvalue weighted by Crippen LogP contribution is 2.29. The lowest BCUT2D eigenvalue weighted by atomic mass is 10.1. The Bertz CT molecular complexity index is 591. The molecule has 1 heterocycles. The molecular weight excluding hydrogens is 348 g/mol. The maximum Gasteiger partial charge on any atom is 0.140 e. The third-order valence-electron chi connectivity index (χ3n) is 2.95. The highest BCUT2D eigenvalue weighted by Gasteiger charge is 2.14. The largest absolute Gasteiger partial charge is 0.486 e. The van der Waals surface area contributed by atoms with Gasteiger partial charge in [0.2, 0.25) is 0 Å². The lowest BCUT2D eigenvalue weighted by Crippen LogP contribution is -2.35. The molecule has 2 rings (SSSR count). The van der Waals surface area contributed by atoms with Gasteiger partial charge in [0, 0.05) is 33.7 Å². The number of benzene rings is 1. The predicted molar refractivity (Wildman–Crippen MR) is 91.9 cm³/mol. The first kappa shape index (κ1) is 16.5. The van der Waals surface area contributed by atoms with Crippen molar-refractivity contribution in [1.29, 1.82) is 0 Å². The number of aromatic nitrogens is 1. The second kappa shape index (κ2) is 6.90. The van der Waals surface area contributed by atoms with Crippen molar-refractivity contribution in [2.45, 2.75) is 46.4 Å². The van der Waals surface area contributed by atoms with E-state index in [1.54, 1.807) is 17.5 Å². The van der Waals surface area contributed by atoms with Crippen LogP contribution in [0.1, 0.15) is 36.9 Å². The van der Waals surface area contributed by atoms with Crippen molar-refractivity contribution in [2.75, 3.05) is 0 Å². The molecule has 0 saturated heterocycles. The summed E-state index contributed by atoms with van der Waals surface area (Å²) < 4.78 is 7.10. The lowest BCUT2D eigenvalue weighted by Gasteiger charge is -2.22. The number of nitrogens with one attached hydrogen (secondary N) is 1. The van der Waals surface area contributed by atoms with Crippen LogP contribution in [0, 0.1) is 6.92 Å². The van der Waals surface area contributed by atoms with Crippen LogP contribution in [0.3, 0.4) is 0 Å². The van der Waals surface area contributed by atoms with Crippen LogP contribution in [0.25, 0.3) is 0 Å². The maximum atomic E-state index is 6.02. The normalized spacial score (nSPS) is 11.7. The van der Waals surface area contributed by atoms with E-state index in [9.17, 15) is 0 Å². The van der Waals surface area contributed by atoms with E-state index in [1.165, 1.54) is 0 Å². The van der Waals surface area contributed by atoms with Crippen molar-refractivity contribution in [2.24, 2.45) is 0 Å². The van der Waals surface area contributed by atoms with E-state index in [-0.39, 0.29) is 5.54 Å².